The van der Waals surface area contributed by atoms with E-state index in [4.69, 9.17) is 16.3 Å². The van der Waals surface area contributed by atoms with E-state index in [2.05, 4.69) is 4.98 Å². The van der Waals surface area contributed by atoms with E-state index in [0.717, 1.165) is 0 Å². The van der Waals surface area contributed by atoms with Crippen LogP contribution < -0.4 is 0 Å². The van der Waals surface area contributed by atoms with E-state index in [-0.39, 0.29) is 17.9 Å². The van der Waals surface area contributed by atoms with Crippen molar-refractivity contribution in [3.8, 4) is 0 Å². The van der Waals surface area contributed by atoms with Gasteiger partial charge in [-0.05, 0) is 32.9 Å². The number of carbonyl (C=O) groups excluding carboxylic acids is 2. The molecule has 6 nitrogen and oxygen atoms in total. The van der Waals surface area contributed by atoms with Gasteiger partial charge in [0.1, 0.15) is 11.3 Å². The Balaban J connectivity index is 1.93. The average molecular weight is 340 g/mol. The number of piperazine rings is 1. The topological polar surface area (TPSA) is 62.7 Å². The number of pyridine rings is 1. The highest BCUT2D eigenvalue weighted by Crippen LogP contribution is 2.13. The molecule has 0 atom stereocenters. The lowest BCUT2D eigenvalue weighted by molar-refractivity contribution is 0.0140. The minimum atomic E-state index is -0.518. The van der Waals surface area contributed by atoms with Gasteiger partial charge in [0.25, 0.3) is 5.91 Å². The normalized spacial score (nSPS) is 15.5. The summed E-state index contributed by atoms with van der Waals surface area (Å²) < 4.78 is 5.34. The van der Waals surface area contributed by atoms with Crippen LogP contribution in [0, 0.1) is 0 Å². The molecule has 0 spiro atoms. The minimum Gasteiger partial charge on any atom is -0.444 e. The smallest absolute Gasteiger partial charge is 0.410 e. The Morgan fingerprint density at radius 1 is 1.17 bits per heavy atom. The Morgan fingerprint density at radius 2 is 1.78 bits per heavy atom. The second kappa shape index (κ2) is 7.17. The zero-order valence-corrected chi connectivity index (χ0v) is 14.5. The highest BCUT2D eigenvalue weighted by molar-refractivity contribution is 6.16. The van der Waals surface area contributed by atoms with E-state index in [1.165, 1.54) is 0 Å². The standard InChI is InChI=1S/C16H22ClN3O3/c1-16(2,3)23-15(22)20-9-7-19(8-10-20)14(21)13-6-4-5-12(11-17)18-13/h4-6H,7-11H2,1-3H3. The van der Waals surface area contributed by atoms with Gasteiger partial charge in [-0.15, -0.1) is 11.6 Å². The van der Waals surface area contributed by atoms with Gasteiger partial charge in [0.15, 0.2) is 0 Å². The van der Waals surface area contributed by atoms with Crippen molar-refractivity contribution < 1.29 is 14.3 Å². The fraction of sp³-hybridized carbons (Fsp3) is 0.562. The molecule has 1 aliphatic heterocycles. The Labute approximate surface area is 141 Å². The van der Waals surface area contributed by atoms with Crippen molar-refractivity contribution >= 4 is 23.6 Å². The van der Waals surface area contributed by atoms with E-state index in [1.54, 1.807) is 28.0 Å². The van der Waals surface area contributed by atoms with Crippen LogP contribution in [-0.4, -0.2) is 58.6 Å². The molecule has 1 fully saturated rings. The van der Waals surface area contributed by atoms with Crippen LogP contribution in [0.1, 0.15) is 37.0 Å². The van der Waals surface area contributed by atoms with E-state index < -0.39 is 5.60 Å². The number of alkyl halides is 1. The summed E-state index contributed by atoms with van der Waals surface area (Å²) in [5.41, 5.74) is 0.537. The maximum Gasteiger partial charge on any atom is 0.410 e. The predicted molar refractivity (Wildman–Crippen MR) is 87.5 cm³/mol. The van der Waals surface area contributed by atoms with Gasteiger partial charge in [-0.1, -0.05) is 6.07 Å². The van der Waals surface area contributed by atoms with E-state index in [0.29, 0.717) is 37.6 Å². The minimum absolute atomic E-state index is 0.138. The quantitative estimate of drug-likeness (QED) is 0.777. The maximum atomic E-state index is 12.5. The largest absolute Gasteiger partial charge is 0.444 e. The molecule has 0 unspecified atom stereocenters. The van der Waals surface area contributed by atoms with Gasteiger partial charge in [-0.3, -0.25) is 4.79 Å². The van der Waals surface area contributed by atoms with Crippen LogP contribution in [0.4, 0.5) is 4.79 Å². The summed E-state index contributed by atoms with van der Waals surface area (Å²) in [5.74, 6) is 0.133. The number of nitrogens with zero attached hydrogens (tertiary/aromatic N) is 3. The van der Waals surface area contributed by atoms with Gasteiger partial charge in [0.05, 0.1) is 11.6 Å². The number of hydrogen-bond acceptors (Lipinski definition) is 4. The molecular formula is C16H22ClN3O3. The highest BCUT2D eigenvalue weighted by Gasteiger charge is 2.28. The maximum absolute atomic E-state index is 12.5. The van der Waals surface area contributed by atoms with Gasteiger partial charge >= 0.3 is 6.09 Å². The van der Waals surface area contributed by atoms with Crippen molar-refractivity contribution in [2.45, 2.75) is 32.3 Å². The molecule has 0 saturated carbocycles. The van der Waals surface area contributed by atoms with Crippen molar-refractivity contribution in [3.05, 3.63) is 29.6 Å². The second-order valence-corrected chi connectivity index (χ2v) is 6.67. The first-order valence-corrected chi connectivity index (χ1v) is 8.13. The van der Waals surface area contributed by atoms with E-state index in [9.17, 15) is 9.59 Å². The fourth-order valence-corrected chi connectivity index (χ4v) is 2.40. The summed E-state index contributed by atoms with van der Waals surface area (Å²) in [4.78, 5) is 32.0. The van der Waals surface area contributed by atoms with Crippen LogP contribution in [0.15, 0.2) is 18.2 Å². The molecule has 0 radical (unpaired) electrons. The lowest BCUT2D eigenvalue weighted by Gasteiger charge is -2.35. The molecule has 1 aromatic rings. The molecule has 2 heterocycles. The molecule has 7 heteroatoms. The Hall–Kier alpha value is -1.82. The molecule has 2 rings (SSSR count). The molecule has 23 heavy (non-hydrogen) atoms. The molecular weight excluding hydrogens is 318 g/mol. The number of halogens is 1. The van der Waals surface area contributed by atoms with Crippen molar-refractivity contribution in [1.29, 1.82) is 0 Å². The van der Waals surface area contributed by atoms with Crippen LogP contribution in [0.2, 0.25) is 0 Å². The molecule has 126 valence electrons. The monoisotopic (exact) mass is 339 g/mol. The van der Waals surface area contributed by atoms with Crippen LogP contribution in [-0.2, 0) is 10.6 Å². The number of hydrogen-bond donors (Lipinski definition) is 0. The highest BCUT2D eigenvalue weighted by atomic mass is 35.5. The average Bonchev–Trinajstić information content (AvgIpc) is 2.53. The van der Waals surface area contributed by atoms with Crippen molar-refractivity contribution in [1.82, 2.24) is 14.8 Å². The predicted octanol–water partition coefficient (Wildman–Crippen LogP) is 2.51. The third kappa shape index (κ3) is 4.82. The summed E-state index contributed by atoms with van der Waals surface area (Å²) in [5, 5.41) is 0. The number of carbonyl (C=O) groups is 2. The number of ether oxygens (including phenoxy) is 1. The van der Waals surface area contributed by atoms with Gasteiger partial charge in [-0.2, -0.15) is 0 Å². The zero-order valence-electron chi connectivity index (χ0n) is 13.7. The Bertz CT molecular complexity index is 578. The molecule has 0 aliphatic carbocycles. The number of rotatable bonds is 2. The molecule has 1 aromatic heterocycles. The number of aromatic nitrogens is 1. The molecule has 2 amide bonds. The number of amides is 2. The first-order chi connectivity index (χ1) is 10.8. The fourth-order valence-electron chi connectivity index (χ4n) is 2.25. The van der Waals surface area contributed by atoms with Crippen LogP contribution in [0.5, 0.6) is 0 Å². The summed E-state index contributed by atoms with van der Waals surface area (Å²) in [6.45, 7) is 7.34. The van der Waals surface area contributed by atoms with Crippen LogP contribution in [0.25, 0.3) is 0 Å². The van der Waals surface area contributed by atoms with Crippen molar-refractivity contribution in [2.75, 3.05) is 26.2 Å². The first-order valence-electron chi connectivity index (χ1n) is 7.59. The van der Waals surface area contributed by atoms with Crippen molar-refractivity contribution in [3.63, 3.8) is 0 Å². The molecule has 1 saturated heterocycles. The molecule has 0 bridgehead atoms. The Morgan fingerprint density at radius 3 is 2.35 bits per heavy atom. The molecule has 0 N–H and O–H groups in total. The van der Waals surface area contributed by atoms with E-state index in [1.807, 2.05) is 20.8 Å². The van der Waals surface area contributed by atoms with E-state index >= 15 is 0 Å². The van der Waals surface area contributed by atoms with Gasteiger partial charge in [-0.25, -0.2) is 9.78 Å². The summed E-state index contributed by atoms with van der Waals surface area (Å²) in [6, 6.07) is 5.23. The third-order valence-corrected chi connectivity index (χ3v) is 3.66. The first kappa shape index (κ1) is 17.5. The molecule has 1 aliphatic rings. The zero-order chi connectivity index (χ0) is 17.0. The van der Waals surface area contributed by atoms with Gasteiger partial charge in [0, 0.05) is 26.2 Å². The lowest BCUT2D eigenvalue weighted by atomic mass is 10.2. The second-order valence-electron chi connectivity index (χ2n) is 6.41. The Kier molecular flexibility index (Phi) is 5.46. The van der Waals surface area contributed by atoms with Gasteiger partial charge < -0.3 is 14.5 Å². The summed E-state index contributed by atoms with van der Waals surface area (Å²) in [7, 11) is 0. The summed E-state index contributed by atoms with van der Waals surface area (Å²) in [6.07, 6.45) is -0.341. The van der Waals surface area contributed by atoms with Gasteiger partial charge in [0.2, 0.25) is 0 Å². The molecule has 0 aromatic carbocycles. The van der Waals surface area contributed by atoms with Crippen LogP contribution in [0.3, 0.4) is 0 Å². The summed E-state index contributed by atoms with van der Waals surface area (Å²) >= 11 is 5.75. The third-order valence-electron chi connectivity index (χ3n) is 3.38. The SMILES string of the molecule is CC(C)(C)OC(=O)N1CCN(C(=O)c2cccc(CCl)n2)CC1. The lowest BCUT2D eigenvalue weighted by Crippen LogP contribution is -2.51. The van der Waals surface area contributed by atoms with Crippen molar-refractivity contribution in [2.24, 2.45) is 0 Å². The van der Waals surface area contributed by atoms with Crippen LogP contribution >= 0.6 is 11.6 Å².